The summed E-state index contributed by atoms with van der Waals surface area (Å²) in [7, 11) is 6.46. The normalized spacial score (nSPS) is 18.8. The molecule has 0 aliphatic carbocycles. The zero-order valence-electron chi connectivity index (χ0n) is 11.8. The molecular weight excluding hydrogens is 292 g/mol. The summed E-state index contributed by atoms with van der Waals surface area (Å²) in [6.45, 7) is 5.43. The van der Waals surface area contributed by atoms with Gasteiger partial charge < -0.3 is 4.90 Å². The van der Waals surface area contributed by atoms with Crippen LogP contribution in [0, 0.1) is 6.92 Å². The van der Waals surface area contributed by atoms with Crippen LogP contribution >= 0.6 is 15.9 Å². The van der Waals surface area contributed by atoms with Crippen LogP contribution in [0.15, 0.2) is 4.47 Å². The number of hydrogen-bond acceptors (Lipinski definition) is 3. The van der Waals surface area contributed by atoms with E-state index in [0.29, 0.717) is 6.04 Å². The minimum Gasteiger partial charge on any atom is -0.306 e. The molecule has 0 saturated carbocycles. The summed E-state index contributed by atoms with van der Waals surface area (Å²) in [4.78, 5) is 4.88. The molecule has 18 heavy (non-hydrogen) atoms. The topological polar surface area (TPSA) is 24.3 Å². The van der Waals surface area contributed by atoms with Gasteiger partial charge in [-0.2, -0.15) is 5.10 Å². The maximum atomic E-state index is 4.46. The van der Waals surface area contributed by atoms with Crippen molar-refractivity contribution in [2.24, 2.45) is 7.05 Å². The highest BCUT2D eigenvalue weighted by atomic mass is 79.9. The molecule has 0 bridgehead atoms. The maximum Gasteiger partial charge on any atom is 0.0739 e. The van der Waals surface area contributed by atoms with Crippen LogP contribution in [0.3, 0.4) is 0 Å². The molecule has 0 atom stereocenters. The summed E-state index contributed by atoms with van der Waals surface area (Å²) in [5.41, 5.74) is 2.35. The fourth-order valence-electron chi connectivity index (χ4n) is 2.65. The molecule has 0 N–H and O–H groups in total. The van der Waals surface area contributed by atoms with Crippen molar-refractivity contribution in [3.8, 4) is 0 Å². The predicted octanol–water partition coefficient (Wildman–Crippen LogP) is 2.02. The van der Waals surface area contributed by atoms with E-state index in [4.69, 9.17) is 0 Å². The first-order valence-corrected chi connectivity index (χ1v) is 7.35. The first kappa shape index (κ1) is 14.0. The molecular formula is C13H23BrN4. The molecule has 0 amide bonds. The van der Waals surface area contributed by atoms with E-state index in [0.717, 1.165) is 16.7 Å². The van der Waals surface area contributed by atoms with Crippen LogP contribution in [0.5, 0.6) is 0 Å². The zero-order chi connectivity index (χ0) is 13.3. The second-order valence-corrected chi connectivity index (χ2v) is 6.21. The van der Waals surface area contributed by atoms with E-state index in [1.807, 2.05) is 18.7 Å². The summed E-state index contributed by atoms with van der Waals surface area (Å²) in [6, 6.07) is 0.698. The highest BCUT2D eigenvalue weighted by molar-refractivity contribution is 9.10. The summed E-state index contributed by atoms with van der Waals surface area (Å²) < 4.78 is 3.15. The van der Waals surface area contributed by atoms with Crippen LogP contribution in [0.2, 0.25) is 0 Å². The molecule has 0 spiro atoms. The van der Waals surface area contributed by atoms with Crippen molar-refractivity contribution < 1.29 is 0 Å². The lowest BCUT2D eigenvalue weighted by Gasteiger charge is -2.35. The van der Waals surface area contributed by atoms with Crippen molar-refractivity contribution >= 4 is 15.9 Å². The second-order valence-electron chi connectivity index (χ2n) is 5.42. The standard InChI is InChI=1S/C13H23BrN4/c1-10-13(14)12(18(4)15-10)9-17(3)11-5-7-16(2)8-6-11/h11H,5-9H2,1-4H3. The number of piperidine rings is 1. The first-order valence-electron chi connectivity index (χ1n) is 6.55. The molecule has 1 aromatic rings. The number of rotatable bonds is 3. The van der Waals surface area contributed by atoms with Gasteiger partial charge in [0, 0.05) is 19.6 Å². The monoisotopic (exact) mass is 314 g/mol. The molecule has 1 aliphatic rings. The number of aromatic nitrogens is 2. The lowest BCUT2D eigenvalue weighted by molar-refractivity contribution is 0.137. The first-order chi connectivity index (χ1) is 8.49. The Hall–Kier alpha value is -0.390. The van der Waals surface area contributed by atoms with Gasteiger partial charge in [0.1, 0.15) is 0 Å². The van der Waals surface area contributed by atoms with Crippen LogP contribution in [0.4, 0.5) is 0 Å². The van der Waals surface area contributed by atoms with E-state index in [-0.39, 0.29) is 0 Å². The van der Waals surface area contributed by atoms with Crippen LogP contribution in [0.1, 0.15) is 24.2 Å². The van der Waals surface area contributed by atoms with Gasteiger partial charge in [-0.3, -0.25) is 9.58 Å². The van der Waals surface area contributed by atoms with Gasteiger partial charge in [0.2, 0.25) is 0 Å². The third-order valence-corrected chi connectivity index (χ3v) is 5.00. The van der Waals surface area contributed by atoms with Crippen molar-refractivity contribution in [2.75, 3.05) is 27.2 Å². The maximum absolute atomic E-state index is 4.46. The van der Waals surface area contributed by atoms with E-state index < -0.39 is 0 Å². The van der Waals surface area contributed by atoms with Crippen molar-refractivity contribution in [3.63, 3.8) is 0 Å². The van der Waals surface area contributed by atoms with Gasteiger partial charge in [0.25, 0.3) is 0 Å². The highest BCUT2D eigenvalue weighted by Crippen LogP contribution is 2.23. The fraction of sp³-hybridized carbons (Fsp3) is 0.769. The number of hydrogen-bond donors (Lipinski definition) is 0. The van der Waals surface area contributed by atoms with Crippen LogP contribution in [-0.4, -0.2) is 52.8 Å². The van der Waals surface area contributed by atoms with E-state index in [2.05, 4.69) is 44.9 Å². The summed E-state index contributed by atoms with van der Waals surface area (Å²) in [5.74, 6) is 0. The minimum absolute atomic E-state index is 0.698. The zero-order valence-corrected chi connectivity index (χ0v) is 13.4. The van der Waals surface area contributed by atoms with Gasteiger partial charge in [-0.15, -0.1) is 0 Å². The third-order valence-electron chi connectivity index (χ3n) is 3.97. The predicted molar refractivity (Wildman–Crippen MR) is 77.6 cm³/mol. The fourth-order valence-corrected chi connectivity index (χ4v) is 3.11. The number of likely N-dealkylation sites (tertiary alicyclic amines) is 1. The van der Waals surface area contributed by atoms with Crippen molar-refractivity contribution in [2.45, 2.75) is 32.4 Å². The Balaban J connectivity index is 2.00. The van der Waals surface area contributed by atoms with Crippen molar-refractivity contribution in [1.82, 2.24) is 19.6 Å². The largest absolute Gasteiger partial charge is 0.306 e. The minimum atomic E-state index is 0.698. The number of aryl methyl sites for hydroxylation is 2. The molecule has 2 rings (SSSR count). The van der Waals surface area contributed by atoms with Gasteiger partial charge in [-0.25, -0.2) is 0 Å². The Morgan fingerprint density at radius 2 is 1.94 bits per heavy atom. The number of halogens is 1. The number of nitrogens with zero attached hydrogens (tertiary/aromatic N) is 4. The quantitative estimate of drug-likeness (QED) is 0.853. The summed E-state index contributed by atoms with van der Waals surface area (Å²) in [6.07, 6.45) is 2.53. The highest BCUT2D eigenvalue weighted by Gasteiger charge is 2.22. The summed E-state index contributed by atoms with van der Waals surface area (Å²) >= 11 is 3.64. The van der Waals surface area contributed by atoms with Crippen LogP contribution in [-0.2, 0) is 13.6 Å². The van der Waals surface area contributed by atoms with E-state index in [1.54, 1.807) is 0 Å². The molecule has 1 fully saturated rings. The van der Waals surface area contributed by atoms with E-state index >= 15 is 0 Å². The van der Waals surface area contributed by atoms with Gasteiger partial charge in [0.05, 0.1) is 15.9 Å². The Labute approximate surface area is 118 Å². The molecule has 1 aliphatic heterocycles. The molecule has 4 nitrogen and oxygen atoms in total. The molecule has 0 unspecified atom stereocenters. The van der Waals surface area contributed by atoms with Gasteiger partial charge >= 0.3 is 0 Å². The smallest absolute Gasteiger partial charge is 0.0739 e. The van der Waals surface area contributed by atoms with E-state index in [1.165, 1.54) is 31.6 Å². The molecule has 1 aromatic heterocycles. The van der Waals surface area contributed by atoms with Crippen LogP contribution in [0.25, 0.3) is 0 Å². The average Bonchev–Trinajstić information content (AvgIpc) is 2.57. The average molecular weight is 315 g/mol. The molecule has 2 heterocycles. The Morgan fingerprint density at radius 1 is 1.33 bits per heavy atom. The van der Waals surface area contributed by atoms with Crippen LogP contribution < -0.4 is 0 Å². The second kappa shape index (κ2) is 5.72. The lowest BCUT2D eigenvalue weighted by Crippen LogP contribution is -2.41. The van der Waals surface area contributed by atoms with Gasteiger partial charge in [-0.1, -0.05) is 0 Å². The Bertz CT molecular complexity index is 407. The van der Waals surface area contributed by atoms with E-state index in [9.17, 15) is 0 Å². The third kappa shape index (κ3) is 2.95. The van der Waals surface area contributed by atoms with Crippen molar-refractivity contribution in [1.29, 1.82) is 0 Å². The molecule has 0 aromatic carbocycles. The van der Waals surface area contributed by atoms with Gasteiger partial charge in [0.15, 0.2) is 0 Å². The lowest BCUT2D eigenvalue weighted by atomic mass is 10.0. The van der Waals surface area contributed by atoms with Crippen molar-refractivity contribution in [3.05, 3.63) is 15.9 Å². The molecule has 102 valence electrons. The SMILES string of the molecule is Cc1nn(C)c(CN(C)C2CCN(C)CC2)c1Br. The van der Waals surface area contributed by atoms with Gasteiger partial charge in [-0.05, 0) is 62.9 Å². The Morgan fingerprint density at radius 3 is 2.44 bits per heavy atom. The molecule has 5 heteroatoms. The molecule has 0 radical (unpaired) electrons. The summed E-state index contributed by atoms with van der Waals surface area (Å²) in [5, 5.41) is 4.46. The molecule has 1 saturated heterocycles. The Kier molecular flexibility index (Phi) is 4.45.